The maximum atomic E-state index is 12.7. The van der Waals surface area contributed by atoms with Crippen LogP contribution in [0.2, 0.25) is 5.02 Å². The maximum absolute atomic E-state index is 12.7. The number of para-hydroxylation sites is 1. The van der Waals surface area contributed by atoms with Gasteiger partial charge in [-0.1, -0.05) is 41.9 Å². The highest BCUT2D eigenvalue weighted by molar-refractivity contribution is 6.30. The summed E-state index contributed by atoms with van der Waals surface area (Å²) in [7, 11) is 0. The van der Waals surface area contributed by atoms with E-state index < -0.39 is 12.0 Å². The quantitative estimate of drug-likeness (QED) is 0.901. The van der Waals surface area contributed by atoms with Crippen molar-refractivity contribution in [1.29, 1.82) is 5.26 Å². The van der Waals surface area contributed by atoms with Crippen molar-refractivity contribution >= 4 is 29.1 Å². The normalized spacial score (nSPS) is 17.2. The van der Waals surface area contributed by atoms with Crippen LogP contribution in [-0.2, 0) is 9.59 Å². The summed E-state index contributed by atoms with van der Waals surface area (Å²) in [5.41, 5.74) is 1.98. The number of hydrogen-bond acceptors (Lipinski definition) is 3. The molecule has 0 saturated carbocycles. The minimum Gasteiger partial charge on any atom is -0.336 e. The van der Waals surface area contributed by atoms with Crippen molar-refractivity contribution in [2.45, 2.75) is 18.4 Å². The molecule has 24 heavy (non-hydrogen) atoms. The molecule has 6 heteroatoms. The number of nitrogens with one attached hydrogen (secondary N) is 2. The fraction of sp³-hybridized carbons (Fsp3) is 0.167. The van der Waals surface area contributed by atoms with Crippen LogP contribution in [0, 0.1) is 11.3 Å². The number of rotatable bonds is 3. The molecule has 0 unspecified atom stereocenters. The molecule has 5 nitrogen and oxygen atoms in total. The van der Waals surface area contributed by atoms with Crippen LogP contribution in [0.25, 0.3) is 0 Å². The fourth-order valence-corrected chi connectivity index (χ4v) is 2.96. The summed E-state index contributed by atoms with van der Waals surface area (Å²) in [6, 6.07) is 15.2. The second kappa shape index (κ2) is 6.73. The molecule has 0 bridgehead atoms. The van der Waals surface area contributed by atoms with Gasteiger partial charge in [0.05, 0.1) is 12.0 Å². The molecule has 0 spiro atoms. The van der Waals surface area contributed by atoms with E-state index in [4.69, 9.17) is 11.6 Å². The monoisotopic (exact) mass is 339 g/mol. The molecule has 2 aromatic rings. The Kier molecular flexibility index (Phi) is 4.50. The smallest absolute Gasteiger partial charge is 0.229 e. The molecule has 1 heterocycles. The van der Waals surface area contributed by atoms with Crippen molar-refractivity contribution in [3.63, 3.8) is 0 Å². The van der Waals surface area contributed by atoms with Gasteiger partial charge in [0.1, 0.15) is 6.04 Å². The lowest BCUT2D eigenvalue weighted by Crippen LogP contribution is -2.36. The molecule has 2 aromatic carbocycles. The number of halogens is 1. The van der Waals surface area contributed by atoms with Gasteiger partial charge in [0, 0.05) is 17.1 Å². The Morgan fingerprint density at radius 1 is 1.29 bits per heavy atom. The molecule has 2 atom stereocenters. The van der Waals surface area contributed by atoms with E-state index >= 15 is 0 Å². The first-order valence-corrected chi connectivity index (χ1v) is 7.80. The van der Waals surface area contributed by atoms with E-state index in [0.717, 1.165) is 5.56 Å². The van der Waals surface area contributed by atoms with E-state index in [1.165, 1.54) is 0 Å². The summed E-state index contributed by atoms with van der Waals surface area (Å²) >= 11 is 5.94. The van der Waals surface area contributed by atoms with Crippen molar-refractivity contribution < 1.29 is 9.59 Å². The zero-order chi connectivity index (χ0) is 17.1. The Balaban J connectivity index is 1.84. The third-order valence-electron chi connectivity index (χ3n) is 3.91. The van der Waals surface area contributed by atoms with Crippen LogP contribution in [0.4, 0.5) is 5.69 Å². The van der Waals surface area contributed by atoms with Gasteiger partial charge in [0.15, 0.2) is 0 Å². The summed E-state index contributed by atoms with van der Waals surface area (Å²) < 4.78 is 0. The van der Waals surface area contributed by atoms with Crippen LogP contribution in [0.1, 0.15) is 29.5 Å². The van der Waals surface area contributed by atoms with Crippen molar-refractivity contribution in [2.75, 3.05) is 5.32 Å². The number of hydrogen-bond donors (Lipinski definition) is 2. The number of carbonyl (C=O) groups excluding carboxylic acids is 2. The van der Waals surface area contributed by atoms with Crippen LogP contribution >= 0.6 is 11.6 Å². The van der Waals surface area contributed by atoms with Gasteiger partial charge < -0.3 is 10.6 Å². The van der Waals surface area contributed by atoms with Gasteiger partial charge in [-0.25, -0.2) is 0 Å². The van der Waals surface area contributed by atoms with Crippen molar-refractivity contribution in [3.05, 3.63) is 64.7 Å². The molecular formula is C18H14ClN3O2. The highest BCUT2D eigenvalue weighted by atomic mass is 35.5. The molecule has 120 valence electrons. The predicted molar refractivity (Wildman–Crippen MR) is 90.4 cm³/mol. The Hall–Kier alpha value is -2.84. The molecule has 0 aliphatic carbocycles. The number of anilines is 1. The van der Waals surface area contributed by atoms with Gasteiger partial charge in [-0.05, 0) is 29.3 Å². The second-order valence-electron chi connectivity index (χ2n) is 5.52. The van der Waals surface area contributed by atoms with E-state index in [0.29, 0.717) is 16.3 Å². The Bertz CT molecular complexity index is 844. The van der Waals surface area contributed by atoms with E-state index in [1.807, 2.05) is 6.07 Å². The van der Waals surface area contributed by atoms with Crippen LogP contribution in [0.3, 0.4) is 0 Å². The van der Waals surface area contributed by atoms with Crippen LogP contribution in [0.5, 0.6) is 0 Å². The van der Waals surface area contributed by atoms with Crippen molar-refractivity contribution in [1.82, 2.24) is 5.32 Å². The zero-order valence-electron chi connectivity index (χ0n) is 12.6. The highest BCUT2D eigenvalue weighted by Crippen LogP contribution is 2.32. The molecule has 1 aliphatic heterocycles. The summed E-state index contributed by atoms with van der Waals surface area (Å²) in [6.45, 7) is 0. The fourth-order valence-electron chi connectivity index (χ4n) is 2.76. The lowest BCUT2D eigenvalue weighted by molar-refractivity contribution is -0.126. The predicted octanol–water partition coefficient (Wildman–Crippen LogP) is 3.15. The lowest BCUT2D eigenvalue weighted by Gasteiger charge is -2.25. The summed E-state index contributed by atoms with van der Waals surface area (Å²) in [5.74, 6) is -1.20. The van der Waals surface area contributed by atoms with Gasteiger partial charge in [-0.2, -0.15) is 5.26 Å². The number of carbonyl (C=O) groups is 2. The maximum Gasteiger partial charge on any atom is 0.229 e. The minimum absolute atomic E-state index is 0.0521. The first-order valence-electron chi connectivity index (χ1n) is 7.42. The molecule has 0 saturated heterocycles. The van der Waals surface area contributed by atoms with Crippen LogP contribution in [-0.4, -0.2) is 11.8 Å². The number of nitrogens with zero attached hydrogens (tertiary/aromatic N) is 1. The Labute approximate surface area is 144 Å². The average Bonchev–Trinajstić information content (AvgIpc) is 2.58. The molecule has 2 N–H and O–H groups in total. The number of benzene rings is 2. The topological polar surface area (TPSA) is 82.0 Å². The molecule has 0 aromatic heterocycles. The third-order valence-corrected chi connectivity index (χ3v) is 4.15. The summed E-state index contributed by atoms with van der Waals surface area (Å²) in [6.07, 6.45) is 0.0521. The Morgan fingerprint density at radius 3 is 2.83 bits per heavy atom. The Morgan fingerprint density at radius 2 is 2.08 bits per heavy atom. The van der Waals surface area contributed by atoms with Gasteiger partial charge in [0.2, 0.25) is 11.8 Å². The van der Waals surface area contributed by atoms with E-state index in [2.05, 4.69) is 16.7 Å². The van der Waals surface area contributed by atoms with Crippen molar-refractivity contribution in [2.24, 2.45) is 0 Å². The zero-order valence-corrected chi connectivity index (χ0v) is 13.4. The minimum atomic E-state index is -0.826. The first-order chi connectivity index (χ1) is 11.6. The van der Waals surface area contributed by atoms with E-state index in [1.54, 1.807) is 42.5 Å². The van der Waals surface area contributed by atoms with Gasteiger partial charge in [-0.3, -0.25) is 9.59 Å². The van der Waals surface area contributed by atoms with Gasteiger partial charge in [0.25, 0.3) is 0 Å². The molecule has 0 radical (unpaired) electrons. The molecule has 0 fully saturated rings. The third kappa shape index (κ3) is 3.24. The largest absolute Gasteiger partial charge is 0.336 e. The SMILES string of the molecule is N#C[C@H](NC(=O)[C@@H]1CC(=O)Nc2ccccc21)c1cccc(Cl)c1. The lowest BCUT2D eigenvalue weighted by atomic mass is 9.89. The highest BCUT2D eigenvalue weighted by Gasteiger charge is 2.31. The molecular weight excluding hydrogens is 326 g/mol. The number of fused-ring (bicyclic) bond motifs is 1. The second-order valence-corrected chi connectivity index (χ2v) is 5.95. The molecule has 2 amide bonds. The van der Waals surface area contributed by atoms with Gasteiger partial charge >= 0.3 is 0 Å². The van der Waals surface area contributed by atoms with Crippen LogP contribution in [0.15, 0.2) is 48.5 Å². The standard InChI is InChI=1S/C18H14ClN3O2/c19-12-5-3-4-11(8-12)16(10-20)22-18(24)14-9-17(23)21-15-7-2-1-6-13(14)15/h1-8,14,16H,9H2,(H,21,23)(H,22,24)/t14-,16+/m1/s1. The summed E-state index contributed by atoms with van der Waals surface area (Å²) in [4.78, 5) is 24.5. The molecule has 1 aliphatic rings. The molecule has 3 rings (SSSR count). The van der Waals surface area contributed by atoms with Crippen molar-refractivity contribution in [3.8, 4) is 6.07 Å². The number of amides is 2. The first kappa shape index (κ1) is 16.0. The number of nitriles is 1. The summed E-state index contributed by atoms with van der Waals surface area (Å²) in [5, 5.41) is 15.3. The van der Waals surface area contributed by atoms with E-state index in [-0.39, 0.29) is 18.2 Å². The van der Waals surface area contributed by atoms with Crippen LogP contribution < -0.4 is 10.6 Å². The van der Waals surface area contributed by atoms with Gasteiger partial charge in [-0.15, -0.1) is 0 Å². The average molecular weight is 340 g/mol. The van der Waals surface area contributed by atoms with E-state index in [9.17, 15) is 14.9 Å².